The minimum atomic E-state index is -3.43. The lowest BCUT2D eigenvalue weighted by molar-refractivity contribution is 0.577. The van der Waals surface area contributed by atoms with Crippen LogP contribution in [0.1, 0.15) is 6.42 Å². The van der Waals surface area contributed by atoms with Crippen LogP contribution in [0.25, 0.3) is 0 Å². The quantitative estimate of drug-likeness (QED) is 0.785. The smallest absolute Gasteiger partial charge is 0.240 e. The van der Waals surface area contributed by atoms with Gasteiger partial charge in [0.05, 0.1) is 4.90 Å². The summed E-state index contributed by atoms with van der Waals surface area (Å²) in [6.45, 7) is 1.19. The van der Waals surface area contributed by atoms with Gasteiger partial charge in [0, 0.05) is 11.6 Å². The highest BCUT2D eigenvalue weighted by atomic mass is 35.5. The first-order valence-corrected chi connectivity index (χ1v) is 6.82. The molecule has 2 N–H and O–H groups in total. The SMILES string of the molecule is CNCCCNS(=O)(=O)c1cccc(Cl)c1.Cl. The summed E-state index contributed by atoms with van der Waals surface area (Å²) in [5, 5.41) is 3.36. The van der Waals surface area contributed by atoms with Crippen LogP contribution in [0.4, 0.5) is 0 Å². The van der Waals surface area contributed by atoms with Gasteiger partial charge >= 0.3 is 0 Å². The Morgan fingerprint density at radius 2 is 2.00 bits per heavy atom. The second-order valence-electron chi connectivity index (χ2n) is 3.31. The predicted molar refractivity (Wildman–Crippen MR) is 72.4 cm³/mol. The molecule has 0 heterocycles. The van der Waals surface area contributed by atoms with Crippen LogP contribution in [0.3, 0.4) is 0 Å². The van der Waals surface area contributed by atoms with Gasteiger partial charge in [-0.05, 0) is 38.2 Å². The van der Waals surface area contributed by atoms with Gasteiger partial charge in [0.25, 0.3) is 0 Å². The molecule has 0 aliphatic heterocycles. The van der Waals surface area contributed by atoms with Gasteiger partial charge in [-0.3, -0.25) is 0 Å². The molecule has 0 saturated heterocycles. The lowest BCUT2D eigenvalue weighted by atomic mass is 10.4. The lowest BCUT2D eigenvalue weighted by Crippen LogP contribution is -2.26. The van der Waals surface area contributed by atoms with Crippen molar-refractivity contribution in [1.29, 1.82) is 0 Å². The summed E-state index contributed by atoms with van der Waals surface area (Å²) in [6.07, 6.45) is 0.746. The molecule has 0 saturated carbocycles. The van der Waals surface area contributed by atoms with Crippen LogP contribution in [-0.4, -0.2) is 28.6 Å². The molecule has 0 fully saturated rings. The third-order valence-electron chi connectivity index (χ3n) is 2.00. The molecule has 0 aliphatic carbocycles. The highest BCUT2D eigenvalue weighted by Crippen LogP contribution is 2.14. The average molecular weight is 299 g/mol. The van der Waals surface area contributed by atoms with Crippen molar-refractivity contribution in [3.63, 3.8) is 0 Å². The van der Waals surface area contributed by atoms with Gasteiger partial charge in [0.2, 0.25) is 10.0 Å². The van der Waals surface area contributed by atoms with Gasteiger partial charge in [0.1, 0.15) is 0 Å². The Balaban J connectivity index is 0.00000256. The lowest BCUT2D eigenvalue weighted by Gasteiger charge is -2.06. The van der Waals surface area contributed by atoms with E-state index in [1.165, 1.54) is 12.1 Å². The molecule has 0 spiro atoms. The molecule has 1 aromatic rings. The number of hydrogen-bond donors (Lipinski definition) is 2. The Kier molecular flexibility index (Phi) is 7.74. The van der Waals surface area contributed by atoms with Crippen LogP contribution in [-0.2, 0) is 10.0 Å². The van der Waals surface area contributed by atoms with Crippen molar-refractivity contribution in [3.05, 3.63) is 29.3 Å². The number of nitrogens with one attached hydrogen (secondary N) is 2. The van der Waals surface area contributed by atoms with E-state index in [-0.39, 0.29) is 17.3 Å². The van der Waals surface area contributed by atoms with E-state index in [0.717, 1.165) is 13.0 Å². The Labute approximate surface area is 113 Å². The molecule has 0 aliphatic rings. The number of rotatable bonds is 6. The van der Waals surface area contributed by atoms with E-state index in [4.69, 9.17) is 11.6 Å². The molecule has 0 amide bonds. The maximum absolute atomic E-state index is 11.8. The third kappa shape index (κ3) is 5.70. The fourth-order valence-electron chi connectivity index (χ4n) is 1.19. The third-order valence-corrected chi connectivity index (χ3v) is 3.70. The number of halogens is 2. The summed E-state index contributed by atoms with van der Waals surface area (Å²) >= 11 is 5.73. The second-order valence-corrected chi connectivity index (χ2v) is 5.52. The Morgan fingerprint density at radius 3 is 2.59 bits per heavy atom. The molecule has 0 radical (unpaired) electrons. The summed E-state index contributed by atoms with van der Waals surface area (Å²) < 4.78 is 26.0. The van der Waals surface area contributed by atoms with E-state index in [2.05, 4.69) is 10.0 Å². The second kappa shape index (κ2) is 7.89. The van der Waals surface area contributed by atoms with E-state index in [1.54, 1.807) is 12.1 Å². The molecule has 1 rings (SSSR count). The zero-order valence-corrected chi connectivity index (χ0v) is 11.8. The van der Waals surface area contributed by atoms with Crippen molar-refractivity contribution in [3.8, 4) is 0 Å². The van der Waals surface area contributed by atoms with Crippen LogP contribution >= 0.6 is 24.0 Å². The zero-order valence-electron chi connectivity index (χ0n) is 9.44. The van der Waals surface area contributed by atoms with Crippen molar-refractivity contribution >= 4 is 34.0 Å². The first kappa shape index (κ1) is 16.7. The van der Waals surface area contributed by atoms with Crippen LogP contribution in [0.5, 0.6) is 0 Å². The molecule has 4 nitrogen and oxygen atoms in total. The van der Waals surface area contributed by atoms with Crippen molar-refractivity contribution in [2.45, 2.75) is 11.3 Å². The van der Waals surface area contributed by atoms with Crippen molar-refractivity contribution in [1.82, 2.24) is 10.0 Å². The van der Waals surface area contributed by atoms with Crippen LogP contribution in [0.2, 0.25) is 5.02 Å². The predicted octanol–water partition coefficient (Wildman–Crippen LogP) is 1.65. The molecule has 0 atom stereocenters. The highest BCUT2D eigenvalue weighted by molar-refractivity contribution is 7.89. The van der Waals surface area contributed by atoms with Gasteiger partial charge in [-0.1, -0.05) is 17.7 Å². The number of hydrogen-bond acceptors (Lipinski definition) is 3. The molecular weight excluding hydrogens is 283 g/mol. The van der Waals surface area contributed by atoms with Crippen molar-refractivity contribution in [2.24, 2.45) is 0 Å². The number of sulfonamides is 1. The molecule has 0 unspecified atom stereocenters. The number of benzene rings is 1. The minimum absolute atomic E-state index is 0. The summed E-state index contributed by atoms with van der Waals surface area (Å²) in [7, 11) is -1.60. The summed E-state index contributed by atoms with van der Waals surface area (Å²) in [6, 6.07) is 6.21. The normalized spacial score (nSPS) is 10.9. The largest absolute Gasteiger partial charge is 0.320 e. The van der Waals surface area contributed by atoms with E-state index >= 15 is 0 Å². The Morgan fingerprint density at radius 1 is 1.29 bits per heavy atom. The highest BCUT2D eigenvalue weighted by Gasteiger charge is 2.12. The van der Waals surface area contributed by atoms with E-state index in [9.17, 15) is 8.42 Å². The first-order valence-electron chi connectivity index (χ1n) is 4.96. The maximum Gasteiger partial charge on any atom is 0.240 e. The standard InChI is InChI=1S/C10H15ClN2O2S.ClH/c1-12-6-3-7-13-16(14,15)10-5-2-4-9(11)8-10;/h2,4-5,8,12-13H,3,6-7H2,1H3;1H. The van der Waals surface area contributed by atoms with E-state index in [1.807, 2.05) is 7.05 Å². The summed E-state index contributed by atoms with van der Waals surface area (Å²) in [5.41, 5.74) is 0. The Hall–Kier alpha value is -0.330. The molecular formula is C10H16Cl2N2O2S. The van der Waals surface area contributed by atoms with Gasteiger partial charge < -0.3 is 5.32 Å². The van der Waals surface area contributed by atoms with Gasteiger partial charge in [-0.2, -0.15) is 0 Å². The minimum Gasteiger partial charge on any atom is -0.320 e. The van der Waals surface area contributed by atoms with E-state index in [0.29, 0.717) is 11.6 Å². The van der Waals surface area contributed by atoms with Crippen LogP contribution < -0.4 is 10.0 Å². The monoisotopic (exact) mass is 298 g/mol. The Bertz CT molecular complexity index is 438. The van der Waals surface area contributed by atoms with Gasteiger partial charge in [0.15, 0.2) is 0 Å². The molecule has 17 heavy (non-hydrogen) atoms. The summed E-state index contributed by atoms with van der Waals surface area (Å²) in [4.78, 5) is 0.199. The summed E-state index contributed by atoms with van der Waals surface area (Å²) in [5.74, 6) is 0. The van der Waals surface area contributed by atoms with Gasteiger partial charge in [-0.25, -0.2) is 13.1 Å². The topological polar surface area (TPSA) is 58.2 Å². The van der Waals surface area contributed by atoms with Crippen molar-refractivity contribution in [2.75, 3.05) is 20.1 Å². The maximum atomic E-state index is 11.8. The van der Waals surface area contributed by atoms with Crippen LogP contribution in [0.15, 0.2) is 29.2 Å². The zero-order chi connectivity index (χ0) is 12.0. The van der Waals surface area contributed by atoms with Crippen molar-refractivity contribution < 1.29 is 8.42 Å². The molecule has 7 heteroatoms. The van der Waals surface area contributed by atoms with Crippen LogP contribution in [0, 0.1) is 0 Å². The average Bonchev–Trinajstić information content (AvgIpc) is 2.24. The molecule has 0 bridgehead atoms. The molecule has 1 aromatic carbocycles. The fraction of sp³-hybridized carbons (Fsp3) is 0.400. The molecule has 0 aromatic heterocycles. The fourth-order valence-corrected chi connectivity index (χ4v) is 2.56. The van der Waals surface area contributed by atoms with E-state index < -0.39 is 10.0 Å². The molecule has 98 valence electrons. The van der Waals surface area contributed by atoms with Gasteiger partial charge in [-0.15, -0.1) is 12.4 Å². The first-order chi connectivity index (χ1) is 7.56.